The number of nitrogens with two attached hydrogens (primary N) is 1. The highest BCUT2D eigenvalue weighted by Crippen LogP contribution is 2.19. The Labute approximate surface area is 118 Å². The Balaban J connectivity index is 1.91. The van der Waals surface area contributed by atoms with Crippen molar-refractivity contribution in [3.05, 3.63) is 59.7 Å². The molecule has 2 aromatic rings. The molecule has 0 atom stereocenters. The highest BCUT2D eigenvalue weighted by atomic mass is 16.5. The maximum atomic E-state index is 7.53. The number of hydrogen-bond acceptors (Lipinski definition) is 3. The lowest BCUT2D eigenvalue weighted by Crippen LogP contribution is -2.15. The van der Waals surface area contributed by atoms with Gasteiger partial charge in [0.15, 0.2) is 0 Å². The summed E-state index contributed by atoms with van der Waals surface area (Å²) < 4.78 is 11.2. The van der Waals surface area contributed by atoms with Gasteiger partial charge < -0.3 is 15.2 Å². The molecule has 0 aliphatic heterocycles. The Hall–Kier alpha value is -2.49. The second-order valence-electron chi connectivity index (χ2n) is 4.42. The Morgan fingerprint density at radius 2 is 1.75 bits per heavy atom. The summed E-state index contributed by atoms with van der Waals surface area (Å²) in [6, 6.07) is 15.2. The van der Waals surface area contributed by atoms with Crippen molar-refractivity contribution in [1.29, 1.82) is 5.41 Å². The van der Waals surface area contributed by atoms with Gasteiger partial charge in [-0.2, -0.15) is 0 Å². The predicted octanol–water partition coefficient (Wildman–Crippen LogP) is 2.74. The minimum absolute atomic E-state index is 0.00368. The van der Waals surface area contributed by atoms with Crippen molar-refractivity contribution in [3.8, 4) is 11.5 Å². The topological polar surface area (TPSA) is 68.3 Å². The summed E-state index contributed by atoms with van der Waals surface area (Å²) in [5, 5.41) is 7.53. The second kappa shape index (κ2) is 6.61. The molecule has 0 saturated heterocycles. The number of rotatable bonds is 6. The van der Waals surface area contributed by atoms with Crippen molar-refractivity contribution in [2.75, 3.05) is 13.2 Å². The first-order chi connectivity index (χ1) is 9.66. The number of nitrogen functional groups attached to an aromatic ring is 1. The number of aryl methyl sites for hydroxylation is 1. The van der Waals surface area contributed by atoms with Crippen molar-refractivity contribution in [2.24, 2.45) is 5.73 Å². The van der Waals surface area contributed by atoms with Crippen LogP contribution in [0.5, 0.6) is 11.5 Å². The largest absolute Gasteiger partial charge is 0.490 e. The van der Waals surface area contributed by atoms with E-state index in [1.807, 2.05) is 49.4 Å². The van der Waals surface area contributed by atoms with Crippen molar-refractivity contribution in [3.63, 3.8) is 0 Å². The first-order valence-electron chi connectivity index (χ1n) is 6.42. The Morgan fingerprint density at radius 1 is 1.05 bits per heavy atom. The molecular weight excluding hydrogens is 252 g/mol. The van der Waals surface area contributed by atoms with Crippen LogP contribution >= 0.6 is 0 Å². The summed E-state index contributed by atoms with van der Waals surface area (Å²) in [4.78, 5) is 0. The molecule has 0 bridgehead atoms. The zero-order valence-electron chi connectivity index (χ0n) is 11.4. The molecule has 3 N–H and O–H groups in total. The van der Waals surface area contributed by atoms with Crippen LogP contribution in [0.4, 0.5) is 0 Å². The van der Waals surface area contributed by atoms with Gasteiger partial charge in [0, 0.05) is 0 Å². The summed E-state index contributed by atoms with van der Waals surface area (Å²) in [7, 11) is 0. The van der Waals surface area contributed by atoms with E-state index in [-0.39, 0.29) is 5.84 Å². The van der Waals surface area contributed by atoms with E-state index in [1.165, 1.54) is 0 Å². The van der Waals surface area contributed by atoms with E-state index in [2.05, 4.69) is 0 Å². The van der Waals surface area contributed by atoms with Gasteiger partial charge in [0.25, 0.3) is 0 Å². The second-order valence-corrected chi connectivity index (χ2v) is 4.42. The Morgan fingerprint density at radius 3 is 2.45 bits per heavy atom. The molecule has 0 aliphatic rings. The smallest absolute Gasteiger partial charge is 0.130 e. The van der Waals surface area contributed by atoms with Crippen molar-refractivity contribution < 1.29 is 9.47 Å². The van der Waals surface area contributed by atoms with E-state index in [0.717, 1.165) is 11.3 Å². The third-order valence-corrected chi connectivity index (χ3v) is 2.78. The zero-order chi connectivity index (χ0) is 14.4. The van der Waals surface area contributed by atoms with Crippen LogP contribution in [-0.2, 0) is 0 Å². The van der Waals surface area contributed by atoms with Crippen LogP contribution in [-0.4, -0.2) is 19.0 Å². The lowest BCUT2D eigenvalue weighted by molar-refractivity contribution is 0.217. The fourth-order valence-corrected chi connectivity index (χ4v) is 1.80. The van der Waals surface area contributed by atoms with Gasteiger partial charge in [-0.05, 0) is 36.8 Å². The van der Waals surface area contributed by atoms with E-state index in [1.54, 1.807) is 6.07 Å². The van der Waals surface area contributed by atoms with E-state index < -0.39 is 0 Å². The minimum atomic E-state index is 0.00368. The molecule has 0 spiro atoms. The molecule has 4 heteroatoms. The summed E-state index contributed by atoms with van der Waals surface area (Å²) in [6.07, 6.45) is 0. The van der Waals surface area contributed by atoms with Gasteiger partial charge in [-0.15, -0.1) is 0 Å². The standard InChI is InChI=1S/C16H18N2O2/c1-12-7-8-14(16(17)18)15(11-12)20-10-9-19-13-5-3-2-4-6-13/h2-8,11H,9-10H2,1H3,(H3,17,18). The minimum Gasteiger partial charge on any atom is -0.490 e. The predicted molar refractivity (Wildman–Crippen MR) is 79.6 cm³/mol. The SMILES string of the molecule is Cc1ccc(C(=N)N)c(OCCOc2ccccc2)c1. The fourth-order valence-electron chi connectivity index (χ4n) is 1.80. The van der Waals surface area contributed by atoms with Crippen LogP contribution in [0.15, 0.2) is 48.5 Å². The molecular formula is C16H18N2O2. The molecule has 2 rings (SSSR count). The molecule has 2 aromatic carbocycles. The molecule has 0 heterocycles. The number of hydrogen-bond donors (Lipinski definition) is 2. The van der Waals surface area contributed by atoms with Gasteiger partial charge in [0.1, 0.15) is 30.5 Å². The quantitative estimate of drug-likeness (QED) is 0.482. The van der Waals surface area contributed by atoms with Gasteiger partial charge in [0.05, 0.1) is 5.56 Å². The summed E-state index contributed by atoms with van der Waals surface area (Å²) in [5.41, 5.74) is 7.20. The molecule has 4 nitrogen and oxygen atoms in total. The van der Waals surface area contributed by atoms with Crippen molar-refractivity contribution in [1.82, 2.24) is 0 Å². The third-order valence-electron chi connectivity index (χ3n) is 2.78. The molecule has 0 aliphatic carbocycles. The summed E-state index contributed by atoms with van der Waals surface area (Å²) in [6.45, 7) is 2.81. The maximum absolute atomic E-state index is 7.53. The van der Waals surface area contributed by atoms with Gasteiger partial charge in [0.2, 0.25) is 0 Å². The monoisotopic (exact) mass is 270 g/mol. The van der Waals surface area contributed by atoms with Crippen LogP contribution < -0.4 is 15.2 Å². The zero-order valence-corrected chi connectivity index (χ0v) is 11.4. The number of para-hydroxylation sites is 1. The number of ether oxygens (including phenoxy) is 2. The van der Waals surface area contributed by atoms with Gasteiger partial charge >= 0.3 is 0 Å². The van der Waals surface area contributed by atoms with E-state index in [0.29, 0.717) is 24.5 Å². The van der Waals surface area contributed by atoms with Gasteiger partial charge in [-0.3, -0.25) is 5.41 Å². The molecule has 0 aromatic heterocycles. The Kier molecular flexibility index (Phi) is 4.60. The van der Waals surface area contributed by atoms with Gasteiger partial charge in [-0.25, -0.2) is 0 Å². The molecule has 0 saturated carbocycles. The fraction of sp³-hybridized carbons (Fsp3) is 0.188. The molecule has 0 fully saturated rings. The average molecular weight is 270 g/mol. The number of amidine groups is 1. The third kappa shape index (κ3) is 3.75. The van der Waals surface area contributed by atoms with E-state index >= 15 is 0 Å². The molecule has 0 amide bonds. The lowest BCUT2D eigenvalue weighted by Gasteiger charge is -2.12. The molecule has 0 radical (unpaired) electrons. The first-order valence-corrected chi connectivity index (χ1v) is 6.42. The van der Waals surface area contributed by atoms with Crippen molar-refractivity contribution >= 4 is 5.84 Å². The maximum Gasteiger partial charge on any atom is 0.130 e. The highest BCUT2D eigenvalue weighted by molar-refractivity contribution is 5.97. The molecule has 0 unspecified atom stereocenters. The number of benzene rings is 2. The van der Waals surface area contributed by atoms with Crippen molar-refractivity contribution in [2.45, 2.75) is 6.92 Å². The van der Waals surface area contributed by atoms with Crippen LogP contribution in [0.3, 0.4) is 0 Å². The van der Waals surface area contributed by atoms with E-state index in [4.69, 9.17) is 20.6 Å². The lowest BCUT2D eigenvalue weighted by atomic mass is 10.1. The summed E-state index contributed by atoms with van der Waals surface area (Å²) >= 11 is 0. The Bertz CT molecular complexity index is 582. The molecule has 20 heavy (non-hydrogen) atoms. The molecule has 104 valence electrons. The van der Waals surface area contributed by atoms with E-state index in [9.17, 15) is 0 Å². The van der Waals surface area contributed by atoms with Crippen LogP contribution in [0.2, 0.25) is 0 Å². The summed E-state index contributed by atoms with van der Waals surface area (Å²) in [5.74, 6) is 1.44. The first kappa shape index (κ1) is 13.9. The normalized spacial score (nSPS) is 10.1. The number of nitrogens with one attached hydrogen (secondary N) is 1. The van der Waals surface area contributed by atoms with Gasteiger partial charge in [-0.1, -0.05) is 24.3 Å². The van der Waals surface area contributed by atoms with Crippen LogP contribution in [0.25, 0.3) is 0 Å². The highest BCUT2D eigenvalue weighted by Gasteiger charge is 2.06. The van der Waals surface area contributed by atoms with Crippen LogP contribution in [0.1, 0.15) is 11.1 Å². The average Bonchev–Trinajstić information content (AvgIpc) is 2.44. The van der Waals surface area contributed by atoms with Crippen LogP contribution in [0, 0.1) is 12.3 Å².